The van der Waals surface area contributed by atoms with E-state index in [1.165, 1.54) is 6.07 Å². The highest BCUT2D eigenvalue weighted by molar-refractivity contribution is 5.68. The second-order valence-corrected chi connectivity index (χ2v) is 2.30. The van der Waals surface area contributed by atoms with Gasteiger partial charge in [0, 0.05) is 6.07 Å². The van der Waals surface area contributed by atoms with Gasteiger partial charge in [-0.15, -0.1) is 0 Å². The first kappa shape index (κ1) is 9.31. The minimum Gasteiger partial charge on any atom is -0.508 e. The quantitative estimate of drug-likeness (QED) is 0.738. The zero-order chi connectivity index (χ0) is 9.84. The molecule has 0 aliphatic rings. The molecule has 13 heavy (non-hydrogen) atoms. The molecule has 0 aromatic heterocycles. The highest BCUT2D eigenvalue weighted by Crippen LogP contribution is 2.21. The highest BCUT2D eigenvalue weighted by atomic mass is 19.1. The summed E-state index contributed by atoms with van der Waals surface area (Å²) < 4.78 is 17.4. The molecule has 0 saturated heterocycles. The van der Waals surface area contributed by atoms with Crippen LogP contribution in [-0.4, -0.2) is 22.8 Å². The van der Waals surface area contributed by atoms with Gasteiger partial charge in [0.05, 0.1) is 0 Å². The molecule has 0 amide bonds. The first-order valence-electron chi connectivity index (χ1n) is 3.42. The Balaban J connectivity index is 2.72. The van der Waals surface area contributed by atoms with E-state index >= 15 is 0 Å². The normalized spacial score (nSPS) is 9.62. The molecule has 0 bridgehead atoms. The monoisotopic (exact) mass is 186 g/mol. The molecule has 0 saturated carbocycles. The molecule has 0 aliphatic heterocycles. The van der Waals surface area contributed by atoms with Crippen molar-refractivity contribution in [3.8, 4) is 11.5 Å². The van der Waals surface area contributed by atoms with E-state index in [1.807, 2.05) is 0 Å². The van der Waals surface area contributed by atoms with Crippen LogP contribution < -0.4 is 4.74 Å². The van der Waals surface area contributed by atoms with Crippen molar-refractivity contribution in [2.75, 3.05) is 6.61 Å². The third-order valence-corrected chi connectivity index (χ3v) is 1.27. The van der Waals surface area contributed by atoms with E-state index in [1.54, 1.807) is 0 Å². The van der Waals surface area contributed by atoms with E-state index in [-0.39, 0.29) is 11.5 Å². The molecule has 0 atom stereocenters. The van der Waals surface area contributed by atoms with Gasteiger partial charge >= 0.3 is 5.97 Å². The lowest BCUT2D eigenvalue weighted by Crippen LogP contribution is -2.10. The largest absolute Gasteiger partial charge is 0.508 e. The fraction of sp³-hybridized carbons (Fsp3) is 0.125. The van der Waals surface area contributed by atoms with Crippen LogP contribution in [0.1, 0.15) is 0 Å². The zero-order valence-electron chi connectivity index (χ0n) is 6.53. The summed E-state index contributed by atoms with van der Waals surface area (Å²) in [5, 5.41) is 17.0. The number of phenols is 1. The summed E-state index contributed by atoms with van der Waals surface area (Å²) in [6.07, 6.45) is 0. The zero-order valence-corrected chi connectivity index (χ0v) is 6.53. The van der Waals surface area contributed by atoms with Crippen LogP contribution in [0.15, 0.2) is 18.2 Å². The van der Waals surface area contributed by atoms with Gasteiger partial charge in [-0.3, -0.25) is 0 Å². The van der Waals surface area contributed by atoms with E-state index < -0.39 is 18.4 Å². The number of hydrogen-bond donors (Lipinski definition) is 2. The third kappa shape index (κ3) is 2.62. The average molecular weight is 186 g/mol. The van der Waals surface area contributed by atoms with Crippen LogP contribution in [-0.2, 0) is 4.79 Å². The summed E-state index contributed by atoms with van der Waals surface area (Å²) in [5.74, 6) is -2.41. The maximum absolute atomic E-state index is 12.8. The second-order valence-electron chi connectivity index (χ2n) is 2.30. The van der Waals surface area contributed by atoms with Gasteiger partial charge < -0.3 is 14.9 Å². The molecule has 0 fully saturated rings. The van der Waals surface area contributed by atoms with Crippen LogP contribution in [0.4, 0.5) is 4.39 Å². The molecular weight excluding hydrogens is 179 g/mol. The van der Waals surface area contributed by atoms with Gasteiger partial charge in [-0.25, -0.2) is 9.18 Å². The summed E-state index contributed by atoms with van der Waals surface area (Å²) in [5.41, 5.74) is 0. The third-order valence-electron chi connectivity index (χ3n) is 1.27. The van der Waals surface area contributed by atoms with Crippen LogP contribution in [0.5, 0.6) is 11.5 Å². The standard InChI is InChI=1S/C8H7FO4/c9-6-3-5(10)1-2-7(6)13-4-8(11)12/h1-3,10H,4H2,(H,11,12). The Hall–Kier alpha value is -1.78. The molecule has 2 N–H and O–H groups in total. The highest BCUT2D eigenvalue weighted by Gasteiger charge is 2.05. The van der Waals surface area contributed by atoms with Crippen molar-refractivity contribution < 1.29 is 24.1 Å². The topological polar surface area (TPSA) is 66.8 Å². The van der Waals surface area contributed by atoms with Crippen molar-refractivity contribution in [3.63, 3.8) is 0 Å². The number of ether oxygens (including phenoxy) is 1. The van der Waals surface area contributed by atoms with Crippen molar-refractivity contribution in [2.24, 2.45) is 0 Å². The van der Waals surface area contributed by atoms with Gasteiger partial charge in [0.1, 0.15) is 5.75 Å². The number of carboxylic acids is 1. The molecule has 4 nitrogen and oxygen atoms in total. The smallest absolute Gasteiger partial charge is 0.341 e. The molecule has 1 aromatic carbocycles. The van der Waals surface area contributed by atoms with Crippen molar-refractivity contribution in [1.29, 1.82) is 0 Å². The molecule has 0 heterocycles. The Labute approximate surface area is 73.2 Å². The Bertz CT molecular complexity index is 324. The van der Waals surface area contributed by atoms with Gasteiger partial charge in [-0.1, -0.05) is 0 Å². The van der Waals surface area contributed by atoms with Crippen molar-refractivity contribution in [3.05, 3.63) is 24.0 Å². The summed E-state index contributed by atoms with van der Waals surface area (Å²) in [7, 11) is 0. The van der Waals surface area contributed by atoms with Gasteiger partial charge in [0.15, 0.2) is 18.2 Å². The minimum absolute atomic E-state index is 0.194. The van der Waals surface area contributed by atoms with Crippen LogP contribution in [0, 0.1) is 5.82 Å². The molecular formula is C8H7FO4. The van der Waals surface area contributed by atoms with Crippen LogP contribution in [0.25, 0.3) is 0 Å². The lowest BCUT2D eigenvalue weighted by Gasteiger charge is -2.03. The maximum atomic E-state index is 12.8. The molecule has 0 aliphatic carbocycles. The van der Waals surface area contributed by atoms with Gasteiger partial charge in [0.25, 0.3) is 0 Å². The first-order valence-corrected chi connectivity index (χ1v) is 3.42. The van der Waals surface area contributed by atoms with E-state index in [0.29, 0.717) is 0 Å². The molecule has 0 spiro atoms. The second kappa shape index (κ2) is 3.75. The molecule has 1 rings (SSSR count). The number of carboxylic acid groups (broad SMARTS) is 1. The first-order chi connectivity index (χ1) is 6.09. The molecule has 70 valence electrons. The Morgan fingerprint density at radius 3 is 2.77 bits per heavy atom. The summed E-state index contributed by atoms with van der Waals surface area (Å²) in [4.78, 5) is 10.1. The molecule has 0 radical (unpaired) electrons. The molecule has 0 unspecified atom stereocenters. The van der Waals surface area contributed by atoms with E-state index in [2.05, 4.69) is 4.74 Å². The molecule has 5 heteroatoms. The number of hydrogen-bond acceptors (Lipinski definition) is 3. The van der Waals surface area contributed by atoms with E-state index in [0.717, 1.165) is 12.1 Å². The number of aromatic hydroxyl groups is 1. The van der Waals surface area contributed by atoms with Gasteiger partial charge in [-0.2, -0.15) is 0 Å². The summed E-state index contributed by atoms with van der Waals surface area (Å²) >= 11 is 0. The molecule has 1 aromatic rings. The predicted octanol–water partition coefficient (Wildman–Crippen LogP) is 0.995. The Morgan fingerprint density at radius 1 is 1.54 bits per heavy atom. The lowest BCUT2D eigenvalue weighted by atomic mass is 10.3. The minimum atomic E-state index is -1.19. The average Bonchev–Trinajstić information content (AvgIpc) is 2.02. The fourth-order valence-electron chi connectivity index (χ4n) is 0.746. The van der Waals surface area contributed by atoms with Crippen LogP contribution >= 0.6 is 0 Å². The summed E-state index contributed by atoms with van der Waals surface area (Å²) in [6.45, 7) is -0.609. The number of carbonyl (C=O) groups is 1. The van der Waals surface area contributed by atoms with Crippen molar-refractivity contribution >= 4 is 5.97 Å². The maximum Gasteiger partial charge on any atom is 0.341 e. The SMILES string of the molecule is O=C(O)COc1ccc(O)cc1F. The van der Waals surface area contributed by atoms with E-state index in [4.69, 9.17) is 10.2 Å². The van der Waals surface area contributed by atoms with Crippen LogP contribution in [0.2, 0.25) is 0 Å². The Morgan fingerprint density at radius 2 is 2.23 bits per heavy atom. The van der Waals surface area contributed by atoms with Crippen molar-refractivity contribution in [1.82, 2.24) is 0 Å². The van der Waals surface area contributed by atoms with Crippen molar-refractivity contribution in [2.45, 2.75) is 0 Å². The number of rotatable bonds is 3. The fourth-order valence-corrected chi connectivity index (χ4v) is 0.746. The number of aliphatic carboxylic acids is 1. The van der Waals surface area contributed by atoms with Gasteiger partial charge in [-0.05, 0) is 12.1 Å². The van der Waals surface area contributed by atoms with E-state index in [9.17, 15) is 9.18 Å². The number of phenolic OH excluding ortho intramolecular Hbond substituents is 1. The predicted molar refractivity (Wildman–Crippen MR) is 41.2 cm³/mol. The number of benzene rings is 1. The lowest BCUT2D eigenvalue weighted by molar-refractivity contribution is -0.139. The summed E-state index contributed by atoms with van der Waals surface area (Å²) in [6, 6.07) is 3.21. The Kier molecular flexibility index (Phi) is 2.69. The van der Waals surface area contributed by atoms with Gasteiger partial charge in [0.2, 0.25) is 0 Å². The number of halogens is 1. The van der Waals surface area contributed by atoms with Crippen LogP contribution in [0.3, 0.4) is 0 Å².